The topological polar surface area (TPSA) is 89.9 Å². The largest absolute Gasteiger partial charge is 0.508 e. The van der Waals surface area contributed by atoms with Gasteiger partial charge >= 0.3 is 5.97 Å². The minimum Gasteiger partial charge on any atom is -0.508 e. The third-order valence-electron chi connectivity index (χ3n) is 5.15. The highest BCUT2D eigenvalue weighted by molar-refractivity contribution is 6.02. The number of fused-ring (bicyclic) bond motifs is 1. The molecule has 0 saturated carbocycles. The molecule has 3 rings (SSSR count). The van der Waals surface area contributed by atoms with Gasteiger partial charge in [-0.15, -0.1) is 0 Å². The van der Waals surface area contributed by atoms with Crippen LogP contribution in [0, 0.1) is 0 Å². The molecular formula is C22H26N2O4. The van der Waals surface area contributed by atoms with E-state index in [0.717, 1.165) is 28.8 Å². The molecule has 28 heavy (non-hydrogen) atoms. The fraction of sp³-hybridized carbons (Fsp3) is 0.364. The van der Waals surface area contributed by atoms with Gasteiger partial charge in [0.1, 0.15) is 12.2 Å². The van der Waals surface area contributed by atoms with Gasteiger partial charge in [0.2, 0.25) is 5.91 Å². The molecule has 6 heteroatoms. The number of aromatic hydroxyl groups is 1. The molecule has 0 bridgehead atoms. The number of carboxylic acid groups (broad SMARTS) is 1. The van der Waals surface area contributed by atoms with Gasteiger partial charge in [0.15, 0.2) is 0 Å². The van der Waals surface area contributed by atoms with Crippen molar-refractivity contribution in [2.45, 2.75) is 52.1 Å². The summed E-state index contributed by atoms with van der Waals surface area (Å²) in [6.45, 7) is 6.94. The van der Waals surface area contributed by atoms with Crippen molar-refractivity contribution in [2.24, 2.45) is 0 Å². The van der Waals surface area contributed by atoms with Crippen LogP contribution in [-0.4, -0.2) is 28.1 Å². The molecule has 1 aliphatic rings. The van der Waals surface area contributed by atoms with Crippen LogP contribution < -0.4 is 10.2 Å². The second-order valence-electron chi connectivity index (χ2n) is 7.65. The number of carbonyl (C=O) groups excluding carboxylic acids is 1. The lowest BCUT2D eigenvalue weighted by atomic mass is 9.99. The number of amides is 1. The minimum absolute atomic E-state index is 0.235. The molecule has 2 aromatic rings. The van der Waals surface area contributed by atoms with Crippen molar-refractivity contribution in [3.63, 3.8) is 0 Å². The van der Waals surface area contributed by atoms with E-state index < -0.39 is 18.3 Å². The monoisotopic (exact) mass is 382 g/mol. The SMILES string of the molecule is CC(C)c1cc(CN2c3cccc(NC(=O)CC(=O)O)c3CC2C)ccc1O. The number of benzene rings is 2. The first-order chi connectivity index (χ1) is 13.3. The second-order valence-corrected chi connectivity index (χ2v) is 7.65. The Labute approximate surface area is 164 Å². The van der Waals surface area contributed by atoms with Crippen LogP contribution in [0.3, 0.4) is 0 Å². The first-order valence-corrected chi connectivity index (χ1v) is 9.48. The van der Waals surface area contributed by atoms with Crippen LogP contribution in [0.4, 0.5) is 11.4 Å². The van der Waals surface area contributed by atoms with Gasteiger partial charge in [0.05, 0.1) is 0 Å². The van der Waals surface area contributed by atoms with E-state index in [9.17, 15) is 14.7 Å². The Morgan fingerprint density at radius 1 is 1.25 bits per heavy atom. The molecule has 2 aromatic carbocycles. The minimum atomic E-state index is -1.15. The van der Waals surface area contributed by atoms with Gasteiger partial charge in [-0.2, -0.15) is 0 Å². The Balaban J connectivity index is 1.85. The Hall–Kier alpha value is -3.02. The summed E-state index contributed by atoms with van der Waals surface area (Å²) in [4.78, 5) is 24.9. The molecule has 3 N–H and O–H groups in total. The third-order valence-corrected chi connectivity index (χ3v) is 5.15. The number of phenolic OH excluding ortho intramolecular Hbond substituents is 1. The fourth-order valence-corrected chi connectivity index (χ4v) is 3.75. The lowest BCUT2D eigenvalue weighted by Gasteiger charge is -2.25. The third kappa shape index (κ3) is 4.11. The van der Waals surface area contributed by atoms with Crippen LogP contribution in [-0.2, 0) is 22.6 Å². The highest BCUT2D eigenvalue weighted by atomic mass is 16.4. The number of aliphatic carboxylic acids is 1. The van der Waals surface area contributed by atoms with E-state index >= 15 is 0 Å². The van der Waals surface area contributed by atoms with Crippen LogP contribution in [0.2, 0.25) is 0 Å². The smallest absolute Gasteiger partial charge is 0.312 e. The number of carbonyl (C=O) groups is 2. The van der Waals surface area contributed by atoms with Gasteiger partial charge in [-0.25, -0.2) is 0 Å². The summed E-state index contributed by atoms with van der Waals surface area (Å²) in [5.74, 6) is -1.11. The number of anilines is 2. The van der Waals surface area contributed by atoms with Crippen LogP contribution in [0.5, 0.6) is 5.75 Å². The number of rotatable bonds is 6. The maximum Gasteiger partial charge on any atom is 0.312 e. The van der Waals surface area contributed by atoms with Gasteiger partial charge in [-0.1, -0.05) is 32.0 Å². The highest BCUT2D eigenvalue weighted by Gasteiger charge is 2.28. The van der Waals surface area contributed by atoms with Crippen molar-refractivity contribution >= 4 is 23.3 Å². The Kier molecular flexibility index (Phi) is 5.58. The maximum absolute atomic E-state index is 11.9. The van der Waals surface area contributed by atoms with E-state index in [1.165, 1.54) is 0 Å². The standard InChI is InChI=1S/C22H26N2O4/c1-13(2)16-10-15(7-8-20(16)25)12-24-14(3)9-17-18(5-4-6-19(17)24)23-21(26)11-22(27)28/h4-8,10,13-14,25H,9,11-12H2,1-3H3,(H,23,26)(H,27,28). The van der Waals surface area contributed by atoms with E-state index in [1.54, 1.807) is 6.07 Å². The lowest BCUT2D eigenvalue weighted by Crippen LogP contribution is -2.28. The molecule has 1 heterocycles. The predicted octanol–water partition coefficient (Wildman–Crippen LogP) is 3.88. The molecule has 0 radical (unpaired) electrons. The number of nitrogens with zero attached hydrogens (tertiary/aromatic N) is 1. The predicted molar refractivity (Wildman–Crippen MR) is 109 cm³/mol. The first-order valence-electron chi connectivity index (χ1n) is 9.48. The lowest BCUT2D eigenvalue weighted by molar-refractivity contribution is -0.139. The zero-order valence-electron chi connectivity index (χ0n) is 16.4. The van der Waals surface area contributed by atoms with Gasteiger partial charge in [0.25, 0.3) is 0 Å². The van der Waals surface area contributed by atoms with Crippen molar-refractivity contribution in [3.05, 3.63) is 53.1 Å². The highest BCUT2D eigenvalue weighted by Crippen LogP contribution is 2.38. The molecule has 0 spiro atoms. The molecule has 0 saturated heterocycles. The number of hydrogen-bond acceptors (Lipinski definition) is 4. The number of carboxylic acids is 1. The van der Waals surface area contributed by atoms with E-state index in [2.05, 4.69) is 31.0 Å². The van der Waals surface area contributed by atoms with Gasteiger partial charge < -0.3 is 20.4 Å². The Bertz CT molecular complexity index is 907. The van der Waals surface area contributed by atoms with Crippen molar-refractivity contribution in [1.29, 1.82) is 0 Å². The van der Waals surface area contributed by atoms with Crippen LogP contribution in [0.1, 0.15) is 49.8 Å². The molecule has 0 aliphatic carbocycles. The molecule has 0 fully saturated rings. The molecule has 1 atom stereocenters. The fourth-order valence-electron chi connectivity index (χ4n) is 3.75. The van der Waals surface area contributed by atoms with E-state index in [-0.39, 0.29) is 12.0 Å². The van der Waals surface area contributed by atoms with Crippen molar-refractivity contribution in [1.82, 2.24) is 0 Å². The summed E-state index contributed by atoms with van der Waals surface area (Å²) in [7, 11) is 0. The zero-order chi connectivity index (χ0) is 20.4. The van der Waals surface area contributed by atoms with Crippen molar-refractivity contribution in [2.75, 3.05) is 10.2 Å². The quantitative estimate of drug-likeness (QED) is 0.660. The molecule has 0 aromatic heterocycles. The van der Waals surface area contributed by atoms with Crippen LogP contribution in [0.25, 0.3) is 0 Å². The van der Waals surface area contributed by atoms with Crippen LogP contribution in [0.15, 0.2) is 36.4 Å². The molecule has 1 aliphatic heterocycles. The number of hydrogen-bond donors (Lipinski definition) is 3. The molecule has 6 nitrogen and oxygen atoms in total. The maximum atomic E-state index is 11.9. The summed E-state index contributed by atoms with van der Waals surface area (Å²) in [6, 6.07) is 11.7. The molecule has 1 unspecified atom stereocenters. The summed E-state index contributed by atoms with van der Waals surface area (Å²) in [5, 5.41) is 21.6. The van der Waals surface area contributed by atoms with Gasteiger partial charge in [-0.05, 0) is 48.6 Å². The van der Waals surface area contributed by atoms with Crippen LogP contribution >= 0.6 is 0 Å². The van der Waals surface area contributed by atoms with E-state index in [4.69, 9.17) is 5.11 Å². The summed E-state index contributed by atoms with van der Waals surface area (Å²) >= 11 is 0. The zero-order valence-corrected chi connectivity index (χ0v) is 16.4. The summed E-state index contributed by atoms with van der Waals surface area (Å²) < 4.78 is 0. The molecule has 1 amide bonds. The average Bonchev–Trinajstić information content (AvgIpc) is 2.92. The Morgan fingerprint density at radius 2 is 2.00 bits per heavy atom. The van der Waals surface area contributed by atoms with Crippen molar-refractivity contribution < 1.29 is 19.8 Å². The van der Waals surface area contributed by atoms with Gasteiger partial charge in [0, 0.05) is 29.5 Å². The number of nitrogens with one attached hydrogen (secondary N) is 1. The van der Waals surface area contributed by atoms with Gasteiger partial charge in [-0.3, -0.25) is 9.59 Å². The van der Waals surface area contributed by atoms with Crippen molar-refractivity contribution in [3.8, 4) is 5.75 Å². The Morgan fingerprint density at radius 3 is 2.68 bits per heavy atom. The second kappa shape index (κ2) is 7.92. The number of phenols is 1. The molecule has 148 valence electrons. The molecular weight excluding hydrogens is 356 g/mol. The average molecular weight is 382 g/mol. The van der Waals surface area contributed by atoms with E-state index in [0.29, 0.717) is 18.0 Å². The van der Waals surface area contributed by atoms with E-state index in [1.807, 2.05) is 30.3 Å². The normalized spacial score (nSPS) is 15.6. The summed E-state index contributed by atoms with van der Waals surface area (Å²) in [6.07, 6.45) is 0.225. The summed E-state index contributed by atoms with van der Waals surface area (Å²) in [5.41, 5.74) is 4.78. The first kappa shape index (κ1) is 19.7.